The minimum absolute atomic E-state index is 0.0500. The molecule has 3 N–H and O–H groups in total. The Labute approximate surface area is 126 Å². The SMILES string of the molecule is COc1cccc(C(=N)N)c1OCc1ccccc1Br. The molecule has 0 aliphatic rings. The van der Waals surface area contributed by atoms with Crippen molar-refractivity contribution < 1.29 is 9.47 Å². The predicted molar refractivity (Wildman–Crippen MR) is 82.5 cm³/mol. The van der Waals surface area contributed by atoms with E-state index in [-0.39, 0.29) is 5.84 Å². The van der Waals surface area contributed by atoms with Crippen LogP contribution in [0.4, 0.5) is 0 Å². The van der Waals surface area contributed by atoms with Gasteiger partial charge in [-0.3, -0.25) is 5.41 Å². The quantitative estimate of drug-likeness (QED) is 0.651. The summed E-state index contributed by atoms with van der Waals surface area (Å²) >= 11 is 3.47. The molecule has 2 rings (SSSR count). The van der Waals surface area contributed by atoms with Crippen LogP contribution >= 0.6 is 15.9 Å². The zero-order valence-electron chi connectivity index (χ0n) is 11.0. The van der Waals surface area contributed by atoms with Gasteiger partial charge in [0, 0.05) is 10.0 Å². The number of nitrogen functional groups attached to an aromatic ring is 1. The van der Waals surface area contributed by atoms with E-state index in [1.54, 1.807) is 25.3 Å². The summed E-state index contributed by atoms with van der Waals surface area (Å²) in [6.45, 7) is 0.363. The fourth-order valence-corrected chi connectivity index (χ4v) is 2.20. The summed E-state index contributed by atoms with van der Waals surface area (Å²) in [6, 6.07) is 13.1. The van der Waals surface area contributed by atoms with E-state index in [2.05, 4.69) is 15.9 Å². The Morgan fingerprint density at radius 2 is 1.95 bits per heavy atom. The van der Waals surface area contributed by atoms with Crippen molar-refractivity contribution in [3.8, 4) is 11.5 Å². The Kier molecular flexibility index (Phi) is 4.63. The molecular weight excluding hydrogens is 320 g/mol. The van der Waals surface area contributed by atoms with E-state index < -0.39 is 0 Å². The molecule has 20 heavy (non-hydrogen) atoms. The highest BCUT2D eigenvalue weighted by Gasteiger charge is 2.13. The topological polar surface area (TPSA) is 68.3 Å². The van der Waals surface area contributed by atoms with E-state index in [1.807, 2.05) is 24.3 Å². The first kappa shape index (κ1) is 14.4. The summed E-state index contributed by atoms with van der Waals surface area (Å²) in [7, 11) is 1.56. The fourth-order valence-electron chi connectivity index (χ4n) is 1.80. The zero-order valence-corrected chi connectivity index (χ0v) is 12.6. The average Bonchev–Trinajstić information content (AvgIpc) is 2.46. The van der Waals surface area contributed by atoms with Crippen LogP contribution in [0, 0.1) is 5.41 Å². The van der Waals surface area contributed by atoms with Gasteiger partial charge in [-0.25, -0.2) is 0 Å². The van der Waals surface area contributed by atoms with E-state index in [4.69, 9.17) is 20.6 Å². The van der Waals surface area contributed by atoms with Crippen LogP contribution in [-0.4, -0.2) is 12.9 Å². The fraction of sp³-hybridized carbons (Fsp3) is 0.133. The molecule has 0 radical (unpaired) electrons. The highest BCUT2D eigenvalue weighted by atomic mass is 79.9. The van der Waals surface area contributed by atoms with Crippen LogP contribution in [0.15, 0.2) is 46.9 Å². The van der Waals surface area contributed by atoms with E-state index in [9.17, 15) is 0 Å². The molecule has 0 heterocycles. The molecule has 0 amide bonds. The number of rotatable bonds is 5. The van der Waals surface area contributed by atoms with Crippen LogP contribution in [0.25, 0.3) is 0 Å². The Balaban J connectivity index is 2.29. The number of methoxy groups -OCH3 is 1. The summed E-state index contributed by atoms with van der Waals surface area (Å²) in [6.07, 6.45) is 0. The highest BCUT2D eigenvalue weighted by molar-refractivity contribution is 9.10. The van der Waals surface area contributed by atoms with Gasteiger partial charge in [0.05, 0.1) is 12.7 Å². The first-order valence-electron chi connectivity index (χ1n) is 6.01. The molecule has 0 atom stereocenters. The summed E-state index contributed by atoms with van der Waals surface area (Å²) in [5.74, 6) is 0.994. The molecule has 0 bridgehead atoms. The largest absolute Gasteiger partial charge is 0.493 e. The maximum Gasteiger partial charge on any atom is 0.172 e. The van der Waals surface area contributed by atoms with Crippen molar-refractivity contribution in [2.24, 2.45) is 5.73 Å². The molecule has 2 aromatic rings. The van der Waals surface area contributed by atoms with E-state index >= 15 is 0 Å². The van der Waals surface area contributed by atoms with Gasteiger partial charge < -0.3 is 15.2 Å². The number of hydrogen-bond acceptors (Lipinski definition) is 3. The van der Waals surface area contributed by atoms with Crippen molar-refractivity contribution in [1.82, 2.24) is 0 Å². The molecule has 0 aliphatic heterocycles. The third kappa shape index (κ3) is 3.11. The van der Waals surface area contributed by atoms with Crippen LogP contribution in [0.2, 0.25) is 0 Å². The molecule has 4 nitrogen and oxygen atoms in total. The Morgan fingerprint density at radius 1 is 1.20 bits per heavy atom. The number of hydrogen-bond donors (Lipinski definition) is 2. The van der Waals surface area contributed by atoms with Crippen molar-refractivity contribution in [2.75, 3.05) is 7.11 Å². The summed E-state index contributed by atoms with van der Waals surface area (Å²) in [5, 5.41) is 7.61. The summed E-state index contributed by atoms with van der Waals surface area (Å²) in [5.41, 5.74) is 7.11. The second-order valence-electron chi connectivity index (χ2n) is 4.13. The number of benzene rings is 2. The molecular formula is C15H15BrN2O2. The van der Waals surface area contributed by atoms with Crippen LogP contribution in [0.5, 0.6) is 11.5 Å². The lowest BCUT2D eigenvalue weighted by Crippen LogP contribution is -2.13. The predicted octanol–water partition coefficient (Wildman–Crippen LogP) is 3.32. The van der Waals surface area contributed by atoms with Crippen LogP contribution in [-0.2, 0) is 6.61 Å². The van der Waals surface area contributed by atoms with Crippen molar-refractivity contribution in [3.63, 3.8) is 0 Å². The summed E-state index contributed by atoms with van der Waals surface area (Å²) in [4.78, 5) is 0. The van der Waals surface area contributed by atoms with Gasteiger partial charge in [0.15, 0.2) is 11.5 Å². The average molecular weight is 335 g/mol. The normalized spacial score (nSPS) is 10.1. The number of nitrogens with one attached hydrogen (secondary N) is 1. The molecule has 0 fully saturated rings. The van der Waals surface area contributed by atoms with Crippen LogP contribution < -0.4 is 15.2 Å². The van der Waals surface area contributed by atoms with Crippen LogP contribution in [0.3, 0.4) is 0 Å². The highest BCUT2D eigenvalue weighted by Crippen LogP contribution is 2.32. The smallest absolute Gasteiger partial charge is 0.172 e. The monoisotopic (exact) mass is 334 g/mol. The molecule has 0 aromatic heterocycles. The van der Waals surface area contributed by atoms with Crippen molar-refractivity contribution in [3.05, 3.63) is 58.1 Å². The van der Waals surface area contributed by atoms with Crippen molar-refractivity contribution >= 4 is 21.8 Å². The van der Waals surface area contributed by atoms with E-state index in [0.717, 1.165) is 10.0 Å². The van der Waals surface area contributed by atoms with E-state index in [0.29, 0.717) is 23.7 Å². The first-order valence-corrected chi connectivity index (χ1v) is 6.80. The number of nitrogens with two attached hydrogens (primary N) is 1. The number of amidine groups is 1. The minimum atomic E-state index is -0.0500. The van der Waals surface area contributed by atoms with Gasteiger partial charge in [0.2, 0.25) is 0 Å². The Hall–Kier alpha value is -2.01. The first-order chi connectivity index (χ1) is 9.63. The number of para-hydroxylation sites is 1. The van der Waals surface area contributed by atoms with Gasteiger partial charge in [0.25, 0.3) is 0 Å². The third-order valence-corrected chi connectivity index (χ3v) is 3.59. The zero-order chi connectivity index (χ0) is 14.5. The minimum Gasteiger partial charge on any atom is -0.493 e. The van der Waals surface area contributed by atoms with Gasteiger partial charge in [0.1, 0.15) is 12.4 Å². The van der Waals surface area contributed by atoms with Crippen molar-refractivity contribution in [2.45, 2.75) is 6.61 Å². The maximum atomic E-state index is 7.61. The third-order valence-electron chi connectivity index (χ3n) is 2.82. The van der Waals surface area contributed by atoms with E-state index in [1.165, 1.54) is 0 Å². The Bertz CT molecular complexity index is 629. The molecule has 0 saturated carbocycles. The van der Waals surface area contributed by atoms with Gasteiger partial charge in [-0.05, 0) is 18.2 Å². The molecule has 5 heteroatoms. The standard InChI is InChI=1S/C15H15BrN2O2/c1-19-13-8-4-6-11(15(17)18)14(13)20-9-10-5-2-3-7-12(10)16/h2-8H,9H2,1H3,(H3,17,18). The number of halogens is 1. The lowest BCUT2D eigenvalue weighted by atomic mass is 10.1. The molecule has 104 valence electrons. The van der Waals surface area contributed by atoms with Gasteiger partial charge in [-0.2, -0.15) is 0 Å². The molecule has 0 aliphatic carbocycles. The molecule has 0 unspecified atom stereocenters. The van der Waals surface area contributed by atoms with Crippen molar-refractivity contribution in [1.29, 1.82) is 5.41 Å². The Morgan fingerprint density at radius 3 is 2.60 bits per heavy atom. The number of ether oxygens (including phenoxy) is 2. The van der Waals surface area contributed by atoms with Crippen LogP contribution in [0.1, 0.15) is 11.1 Å². The lowest BCUT2D eigenvalue weighted by Gasteiger charge is -2.14. The summed E-state index contributed by atoms with van der Waals surface area (Å²) < 4.78 is 12.0. The second kappa shape index (κ2) is 6.43. The van der Waals surface area contributed by atoms with Gasteiger partial charge in [-0.1, -0.05) is 40.2 Å². The lowest BCUT2D eigenvalue weighted by molar-refractivity contribution is 0.283. The van der Waals surface area contributed by atoms with Gasteiger partial charge >= 0.3 is 0 Å². The maximum absolute atomic E-state index is 7.61. The molecule has 2 aromatic carbocycles. The van der Waals surface area contributed by atoms with Gasteiger partial charge in [-0.15, -0.1) is 0 Å². The second-order valence-corrected chi connectivity index (χ2v) is 4.99. The molecule has 0 spiro atoms. The molecule has 0 saturated heterocycles.